The molecule has 0 aliphatic carbocycles. The smallest absolute Gasteiger partial charge is 0.145 e. The molecule has 0 amide bonds. The van der Waals surface area contributed by atoms with Crippen LogP contribution in [0.15, 0.2) is 94.8 Å². The van der Waals surface area contributed by atoms with Crippen molar-refractivity contribution >= 4 is 263 Å². The Morgan fingerprint density at radius 3 is 1.64 bits per heavy atom. The Hall–Kier alpha value is -5.72. The monoisotopic (exact) mass is 814 g/mol. The SMILES string of the molecule is [B]/C(C#C)=C(\c1c([B])c([B])c([B])c([B])c1[B])C([B])CN(c1c([B])c([B])c(-c2c([B])c([B])c([B])c([B])c2[B])c([B])c1[B])c1cccc2oc3c(ccc4c3c3ccccc3n4-c3ccccc3)c12. The zero-order valence-corrected chi connectivity index (χ0v) is 36.0. The Balaban J connectivity index is 1.35. The summed E-state index contributed by atoms with van der Waals surface area (Å²) < 4.78 is 9.06. The largest absolute Gasteiger partial charge is 0.455 e. The number of hydrogen-bond donors (Lipinski definition) is 0. The molecule has 1 atom stereocenters. The van der Waals surface area contributed by atoms with E-state index in [2.05, 4.69) is 40.8 Å². The molecule has 0 aliphatic rings. The van der Waals surface area contributed by atoms with Crippen molar-refractivity contribution in [1.82, 2.24) is 4.57 Å². The van der Waals surface area contributed by atoms with Gasteiger partial charge in [-0.1, -0.05) is 92.1 Å². The lowest BCUT2D eigenvalue weighted by atomic mass is 9.56. The van der Waals surface area contributed by atoms with Gasteiger partial charge < -0.3 is 13.9 Å². The fourth-order valence-electron chi connectivity index (χ4n) is 9.23. The van der Waals surface area contributed by atoms with E-state index in [4.69, 9.17) is 136 Å². The summed E-state index contributed by atoms with van der Waals surface area (Å²) in [6, 6.07) is 27.7. The summed E-state index contributed by atoms with van der Waals surface area (Å²) in [6.07, 6.45) is 5.96. The average molecular weight is 812 g/mol. The lowest BCUT2D eigenvalue weighted by Crippen LogP contribution is -2.57. The van der Waals surface area contributed by atoms with Crippen LogP contribution in [0.1, 0.15) is 5.56 Å². The summed E-state index contributed by atoms with van der Waals surface area (Å²) in [5.74, 6) is 1.30. The number of allylic oxidation sites excluding steroid dienone is 1. The Morgan fingerprint density at radius 1 is 0.537 bits per heavy atom. The van der Waals surface area contributed by atoms with Crippen molar-refractivity contribution < 1.29 is 4.42 Å². The van der Waals surface area contributed by atoms with E-state index in [1.165, 1.54) is 0 Å². The van der Waals surface area contributed by atoms with E-state index < -0.39 is 5.82 Å². The fraction of sp³-hybridized carbons (Fsp3) is 0.0417. The van der Waals surface area contributed by atoms with Crippen LogP contribution in [0, 0.1) is 12.3 Å². The first-order chi connectivity index (χ1) is 31.9. The molecule has 32 radical (unpaired) electrons. The molecule has 0 fully saturated rings. The van der Waals surface area contributed by atoms with E-state index >= 15 is 0 Å². The molecule has 0 aliphatic heterocycles. The van der Waals surface area contributed by atoms with Crippen molar-refractivity contribution in [3.8, 4) is 29.2 Å². The van der Waals surface area contributed by atoms with Gasteiger partial charge >= 0.3 is 0 Å². The van der Waals surface area contributed by atoms with Crippen LogP contribution in [-0.2, 0) is 0 Å². The van der Waals surface area contributed by atoms with E-state index in [0.717, 1.165) is 32.9 Å². The van der Waals surface area contributed by atoms with Crippen LogP contribution in [0.4, 0.5) is 11.4 Å². The lowest BCUT2D eigenvalue weighted by Gasteiger charge is -2.37. The van der Waals surface area contributed by atoms with Crippen molar-refractivity contribution in [1.29, 1.82) is 0 Å². The Kier molecular flexibility index (Phi) is 12.1. The van der Waals surface area contributed by atoms with Crippen LogP contribution < -0.4 is 81.4 Å². The molecule has 9 aromatic rings. The highest BCUT2D eigenvalue weighted by Gasteiger charge is 2.29. The lowest BCUT2D eigenvalue weighted by molar-refractivity contribution is 0.673. The first kappa shape index (κ1) is 46.4. The number of terminal acetylenes is 1. The van der Waals surface area contributed by atoms with Gasteiger partial charge in [-0.25, -0.2) is 0 Å². The molecule has 1 unspecified atom stereocenters. The third-order valence-electron chi connectivity index (χ3n) is 12.6. The molecule has 3 nitrogen and oxygen atoms in total. The van der Waals surface area contributed by atoms with E-state index in [9.17, 15) is 0 Å². The molecule has 0 spiro atoms. The highest BCUT2D eigenvalue weighted by Crippen LogP contribution is 2.44. The first-order valence-corrected chi connectivity index (χ1v) is 20.6. The van der Waals surface area contributed by atoms with Gasteiger partial charge in [0.25, 0.3) is 0 Å². The fourth-order valence-corrected chi connectivity index (χ4v) is 9.23. The minimum absolute atomic E-state index is 0.0167. The quantitative estimate of drug-likeness (QED) is 0.113. The summed E-state index contributed by atoms with van der Waals surface area (Å²) in [5, 5.41) is 3.23. The van der Waals surface area contributed by atoms with Gasteiger partial charge in [-0.15, -0.1) is 39.2 Å². The number of fused-ring (bicyclic) bond motifs is 7. The van der Waals surface area contributed by atoms with Gasteiger partial charge in [0.1, 0.15) is 129 Å². The van der Waals surface area contributed by atoms with Gasteiger partial charge in [0.15, 0.2) is 0 Å². The van der Waals surface area contributed by atoms with Crippen LogP contribution >= 0.6 is 0 Å². The third kappa shape index (κ3) is 7.06. The molecule has 2 heterocycles. The zero-order chi connectivity index (χ0) is 48.1. The molecule has 9 rings (SSSR count). The second-order valence-electron chi connectivity index (χ2n) is 16.2. The number of hydrogen-bond acceptors (Lipinski definition) is 2. The number of anilines is 2. The molecular weight excluding hydrogens is 794 g/mol. The molecular formula is C48H18B16N2O. The highest BCUT2D eigenvalue weighted by atomic mass is 16.3. The Labute approximate surface area is 411 Å². The number of benzene rings is 7. The molecule has 0 saturated heterocycles. The Morgan fingerprint density at radius 2 is 1.06 bits per heavy atom. The number of nitrogens with zero attached hydrogens (tertiary/aromatic N) is 2. The molecule has 67 heavy (non-hydrogen) atoms. The third-order valence-corrected chi connectivity index (χ3v) is 12.6. The van der Waals surface area contributed by atoms with Gasteiger partial charge in [-0.3, -0.25) is 0 Å². The molecule has 274 valence electrons. The summed E-state index contributed by atoms with van der Waals surface area (Å²) in [4.78, 5) is 1.74. The summed E-state index contributed by atoms with van der Waals surface area (Å²) in [5.41, 5.74) is 4.20. The molecule has 7 aromatic carbocycles. The number of rotatable bonds is 8. The minimum Gasteiger partial charge on any atom is -0.455 e. The highest BCUT2D eigenvalue weighted by molar-refractivity contribution is 6.71. The second kappa shape index (κ2) is 17.4. The van der Waals surface area contributed by atoms with E-state index in [1.54, 1.807) is 4.90 Å². The summed E-state index contributed by atoms with van der Waals surface area (Å²) >= 11 is 0. The standard InChI is InChI=1S/C48H18B16N2O/c1-2-21(49)29(30-33(51)39(57)43(61)40(58)34(30)52)22(50)17-65(47-45(63)37(55)32(38(56)46(47)64)31-35(53)41(59)44(62)42(60)36(31)54)24-13-8-14-26-27(24)20-15-16-25-28(48(20)67-26)19-11-6-7-12-23(19)66(25)18-9-4-3-5-10-18/h1,3-16,22H,17H2/b29-21-. The Bertz CT molecular complexity index is 3580. The second-order valence-corrected chi connectivity index (χ2v) is 16.2. The van der Waals surface area contributed by atoms with Crippen molar-refractivity contribution in [2.24, 2.45) is 0 Å². The number of aromatic nitrogens is 1. The van der Waals surface area contributed by atoms with E-state index in [1.807, 2.05) is 54.6 Å². The summed E-state index contributed by atoms with van der Waals surface area (Å²) in [6.45, 7) is -0.208. The van der Waals surface area contributed by atoms with Crippen LogP contribution in [0.2, 0.25) is 5.82 Å². The van der Waals surface area contributed by atoms with Crippen molar-refractivity contribution in [2.75, 3.05) is 11.4 Å². The molecule has 0 saturated carbocycles. The van der Waals surface area contributed by atoms with Crippen LogP contribution in [-0.4, -0.2) is 137 Å². The first-order valence-electron chi connectivity index (χ1n) is 20.6. The van der Waals surface area contributed by atoms with Crippen LogP contribution in [0.25, 0.3) is 66.1 Å². The topological polar surface area (TPSA) is 21.3 Å². The van der Waals surface area contributed by atoms with Gasteiger partial charge in [0.2, 0.25) is 0 Å². The predicted octanol–water partition coefficient (Wildman–Crippen LogP) is -5.23. The van der Waals surface area contributed by atoms with Crippen molar-refractivity contribution in [2.45, 2.75) is 5.82 Å². The van der Waals surface area contributed by atoms with E-state index in [-0.39, 0.29) is 116 Å². The maximum absolute atomic E-state index is 7.25. The molecule has 0 N–H and O–H groups in total. The number of para-hydroxylation sites is 2. The maximum Gasteiger partial charge on any atom is 0.145 e. The van der Waals surface area contributed by atoms with Gasteiger partial charge in [0.05, 0.1) is 35.3 Å². The maximum atomic E-state index is 7.25. The normalized spacial score (nSPS) is 12.5. The zero-order valence-electron chi connectivity index (χ0n) is 36.0. The van der Waals surface area contributed by atoms with Crippen LogP contribution in [0.5, 0.6) is 0 Å². The van der Waals surface area contributed by atoms with Gasteiger partial charge in [-0.2, -0.15) is 0 Å². The van der Waals surface area contributed by atoms with Crippen molar-refractivity contribution in [3.63, 3.8) is 0 Å². The number of furan rings is 1. The summed E-state index contributed by atoms with van der Waals surface area (Å²) in [7, 11) is 106. The van der Waals surface area contributed by atoms with Crippen molar-refractivity contribution in [3.05, 3.63) is 96.0 Å². The molecule has 0 bridgehead atoms. The average Bonchev–Trinajstić information content (AvgIpc) is 3.89. The van der Waals surface area contributed by atoms with Crippen LogP contribution in [0.3, 0.4) is 0 Å². The van der Waals surface area contributed by atoms with E-state index in [0.29, 0.717) is 22.2 Å². The minimum atomic E-state index is -1.17. The molecule has 2 aromatic heterocycles. The van der Waals surface area contributed by atoms with Gasteiger partial charge in [0, 0.05) is 28.7 Å². The predicted molar refractivity (Wildman–Crippen MR) is 300 cm³/mol. The molecule has 19 heteroatoms. The van der Waals surface area contributed by atoms with Gasteiger partial charge in [-0.05, 0) is 76.0 Å².